The molecule has 3 rings (SSSR count). The quantitative estimate of drug-likeness (QED) is 0.314. The van der Waals surface area contributed by atoms with Crippen molar-refractivity contribution >= 4 is 17.7 Å². The predicted molar refractivity (Wildman–Crippen MR) is 136 cm³/mol. The number of hydrogen-bond acceptors (Lipinski definition) is 4. The molecule has 34 heavy (non-hydrogen) atoms. The summed E-state index contributed by atoms with van der Waals surface area (Å²) in [7, 11) is 0. The molecule has 0 heterocycles. The van der Waals surface area contributed by atoms with Gasteiger partial charge in [0.1, 0.15) is 18.2 Å². The van der Waals surface area contributed by atoms with Crippen molar-refractivity contribution in [2.45, 2.75) is 41.2 Å². The van der Waals surface area contributed by atoms with Crippen molar-refractivity contribution in [2.75, 3.05) is 11.9 Å². The van der Waals surface area contributed by atoms with Crippen LogP contribution in [-0.2, 0) is 11.4 Å². The van der Waals surface area contributed by atoms with Crippen LogP contribution < -0.4 is 14.8 Å². The zero-order chi connectivity index (χ0) is 24.7. The maximum atomic E-state index is 12.7. The number of carbonyl (C=O) groups is 1. The SMILES string of the molecule is CCOc1cc(/C=C(\C#N)C(=O)Nc2ccc(C)cc2C)ccc1OCc1ccc(C)c(C)c1. The van der Waals surface area contributed by atoms with Crippen LogP contribution in [0.2, 0.25) is 0 Å². The molecule has 1 N–H and O–H groups in total. The standard InChI is InChI=1S/C29H30N2O3/c1-6-33-28-16-23(10-12-27(28)34-18-24-9-8-20(3)21(4)14-24)15-25(17-30)29(32)31-26-11-7-19(2)13-22(26)5/h7-16H,6,18H2,1-5H3,(H,31,32)/b25-15+. The zero-order valence-electron chi connectivity index (χ0n) is 20.4. The highest BCUT2D eigenvalue weighted by atomic mass is 16.5. The fraction of sp³-hybridized carbons (Fsp3) is 0.241. The third kappa shape index (κ3) is 6.26. The topological polar surface area (TPSA) is 71.3 Å². The van der Waals surface area contributed by atoms with Crippen LogP contribution in [0.5, 0.6) is 11.5 Å². The molecule has 3 aromatic carbocycles. The molecule has 0 saturated carbocycles. The van der Waals surface area contributed by atoms with Gasteiger partial charge in [0.25, 0.3) is 5.91 Å². The van der Waals surface area contributed by atoms with Gasteiger partial charge in [-0.05, 0) is 86.7 Å². The smallest absolute Gasteiger partial charge is 0.266 e. The van der Waals surface area contributed by atoms with Crippen molar-refractivity contribution in [1.82, 2.24) is 0 Å². The van der Waals surface area contributed by atoms with Crippen molar-refractivity contribution in [1.29, 1.82) is 5.26 Å². The summed E-state index contributed by atoms with van der Waals surface area (Å²) in [5.41, 5.74) is 6.94. The Kier molecular flexibility index (Phi) is 8.10. The van der Waals surface area contributed by atoms with Crippen molar-refractivity contribution < 1.29 is 14.3 Å². The summed E-state index contributed by atoms with van der Waals surface area (Å²) in [4.78, 5) is 12.7. The first kappa shape index (κ1) is 24.6. The molecule has 1 amide bonds. The minimum Gasteiger partial charge on any atom is -0.490 e. The normalized spacial score (nSPS) is 11.0. The second kappa shape index (κ2) is 11.2. The molecule has 0 radical (unpaired) electrons. The van der Waals surface area contributed by atoms with Crippen LogP contribution in [-0.4, -0.2) is 12.5 Å². The number of amides is 1. The van der Waals surface area contributed by atoms with Crippen LogP contribution in [0.3, 0.4) is 0 Å². The van der Waals surface area contributed by atoms with Gasteiger partial charge in [-0.2, -0.15) is 5.26 Å². The Morgan fingerprint density at radius 3 is 2.38 bits per heavy atom. The fourth-order valence-corrected chi connectivity index (χ4v) is 3.52. The van der Waals surface area contributed by atoms with E-state index < -0.39 is 5.91 Å². The van der Waals surface area contributed by atoms with E-state index in [0.29, 0.717) is 36.0 Å². The van der Waals surface area contributed by atoms with E-state index >= 15 is 0 Å². The van der Waals surface area contributed by atoms with Crippen molar-refractivity contribution in [3.05, 3.63) is 93.6 Å². The number of nitrogens with zero attached hydrogens (tertiary/aromatic N) is 1. The van der Waals surface area contributed by atoms with Gasteiger partial charge in [0.05, 0.1) is 6.61 Å². The Balaban J connectivity index is 1.79. The third-order valence-electron chi connectivity index (χ3n) is 5.54. The molecule has 0 aliphatic heterocycles. The number of benzene rings is 3. The molecule has 0 atom stereocenters. The highest BCUT2D eigenvalue weighted by molar-refractivity contribution is 6.10. The first-order valence-corrected chi connectivity index (χ1v) is 11.3. The molecule has 3 aromatic rings. The average Bonchev–Trinajstić information content (AvgIpc) is 2.81. The Morgan fingerprint density at radius 1 is 0.912 bits per heavy atom. The number of ether oxygens (including phenoxy) is 2. The van der Waals surface area contributed by atoms with Gasteiger partial charge in [-0.1, -0.05) is 42.0 Å². The van der Waals surface area contributed by atoms with Gasteiger partial charge in [0, 0.05) is 5.69 Å². The number of aryl methyl sites for hydroxylation is 4. The van der Waals surface area contributed by atoms with E-state index in [1.54, 1.807) is 24.3 Å². The Labute approximate surface area is 201 Å². The maximum Gasteiger partial charge on any atom is 0.266 e. The highest BCUT2D eigenvalue weighted by Gasteiger charge is 2.13. The summed E-state index contributed by atoms with van der Waals surface area (Å²) in [6.07, 6.45) is 1.55. The average molecular weight is 455 g/mol. The molecule has 0 fully saturated rings. The van der Waals surface area contributed by atoms with Crippen LogP contribution in [0.4, 0.5) is 5.69 Å². The lowest BCUT2D eigenvalue weighted by molar-refractivity contribution is -0.112. The summed E-state index contributed by atoms with van der Waals surface area (Å²) < 4.78 is 11.8. The van der Waals surface area contributed by atoms with Crippen molar-refractivity contribution in [2.24, 2.45) is 0 Å². The van der Waals surface area contributed by atoms with Crippen molar-refractivity contribution in [3.8, 4) is 17.6 Å². The second-order valence-electron chi connectivity index (χ2n) is 8.29. The van der Waals surface area contributed by atoms with E-state index in [0.717, 1.165) is 16.7 Å². The van der Waals surface area contributed by atoms with E-state index in [9.17, 15) is 10.1 Å². The molecule has 0 aliphatic rings. The van der Waals surface area contributed by atoms with Gasteiger partial charge >= 0.3 is 0 Å². The van der Waals surface area contributed by atoms with Gasteiger partial charge in [-0.15, -0.1) is 0 Å². The van der Waals surface area contributed by atoms with E-state index in [2.05, 4.69) is 31.3 Å². The number of nitriles is 1. The lowest BCUT2D eigenvalue weighted by Crippen LogP contribution is -2.14. The Hall–Kier alpha value is -4.04. The third-order valence-corrected chi connectivity index (χ3v) is 5.54. The molecule has 5 heteroatoms. The lowest BCUT2D eigenvalue weighted by atomic mass is 10.1. The maximum absolute atomic E-state index is 12.7. The second-order valence-corrected chi connectivity index (χ2v) is 8.29. The van der Waals surface area contributed by atoms with Gasteiger partial charge in [-0.25, -0.2) is 0 Å². The summed E-state index contributed by atoms with van der Waals surface area (Å²) in [6.45, 7) is 10.8. The van der Waals surface area contributed by atoms with Crippen LogP contribution >= 0.6 is 0 Å². The molecule has 0 aromatic heterocycles. The van der Waals surface area contributed by atoms with Crippen LogP contribution in [0.15, 0.2) is 60.2 Å². The number of carbonyl (C=O) groups excluding carboxylic acids is 1. The summed E-state index contributed by atoms with van der Waals surface area (Å²) >= 11 is 0. The molecule has 0 saturated heterocycles. The monoisotopic (exact) mass is 454 g/mol. The largest absolute Gasteiger partial charge is 0.490 e. The van der Waals surface area contributed by atoms with E-state index in [1.165, 1.54) is 11.1 Å². The fourth-order valence-electron chi connectivity index (χ4n) is 3.52. The van der Waals surface area contributed by atoms with E-state index in [1.807, 2.05) is 51.1 Å². The number of nitrogens with one attached hydrogen (secondary N) is 1. The molecule has 0 spiro atoms. The number of hydrogen-bond donors (Lipinski definition) is 1. The first-order valence-electron chi connectivity index (χ1n) is 11.3. The summed E-state index contributed by atoms with van der Waals surface area (Å²) in [5.74, 6) is 0.713. The summed E-state index contributed by atoms with van der Waals surface area (Å²) in [6, 6.07) is 19.4. The number of anilines is 1. The van der Waals surface area contributed by atoms with Crippen LogP contribution in [0, 0.1) is 39.0 Å². The minimum absolute atomic E-state index is 0.00576. The van der Waals surface area contributed by atoms with Gasteiger partial charge < -0.3 is 14.8 Å². The lowest BCUT2D eigenvalue weighted by Gasteiger charge is -2.13. The Bertz CT molecular complexity index is 1270. The number of rotatable bonds is 8. The minimum atomic E-state index is -0.456. The summed E-state index contributed by atoms with van der Waals surface area (Å²) in [5, 5.41) is 12.4. The van der Waals surface area contributed by atoms with Gasteiger partial charge in [-0.3, -0.25) is 4.79 Å². The Morgan fingerprint density at radius 2 is 1.71 bits per heavy atom. The molecular formula is C29H30N2O3. The molecule has 0 bridgehead atoms. The highest BCUT2D eigenvalue weighted by Crippen LogP contribution is 2.30. The predicted octanol–water partition coefficient (Wildman–Crippen LogP) is 6.44. The first-order chi connectivity index (χ1) is 16.3. The molecule has 5 nitrogen and oxygen atoms in total. The van der Waals surface area contributed by atoms with Gasteiger partial charge in [0.2, 0.25) is 0 Å². The molecule has 0 aliphatic carbocycles. The van der Waals surface area contributed by atoms with Gasteiger partial charge in [0.15, 0.2) is 11.5 Å². The molecule has 174 valence electrons. The zero-order valence-corrected chi connectivity index (χ0v) is 20.4. The van der Waals surface area contributed by atoms with Crippen molar-refractivity contribution in [3.63, 3.8) is 0 Å². The van der Waals surface area contributed by atoms with E-state index in [4.69, 9.17) is 9.47 Å². The molecule has 0 unspecified atom stereocenters. The van der Waals surface area contributed by atoms with Crippen LogP contribution in [0.1, 0.15) is 40.3 Å². The van der Waals surface area contributed by atoms with E-state index in [-0.39, 0.29) is 5.57 Å². The van der Waals surface area contributed by atoms with Crippen LogP contribution in [0.25, 0.3) is 6.08 Å². The molecular weight excluding hydrogens is 424 g/mol.